The number of aryl methyl sites for hydroxylation is 1. The van der Waals surface area contributed by atoms with Crippen molar-refractivity contribution >= 4 is 71.2 Å². The molecule has 0 radical (unpaired) electrons. The fourth-order valence-electron chi connectivity index (χ4n) is 8.54. The topological polar surface area (TPSA) is 113 Å². The summed E-state index contributed by atoms with van der Waals surface area (Å²) in [6, 6.07) is 28.6. The highest BCUT2D eigenvalue weighted by atomic mass is 32.1. The standard InChI is InChI=1S/C49H47N5O6S/c1-29-16-37-39(50-25-35-20-32-10-6-8-12-41(32)53(35)47(37)56)23-43(29)59-27-30-17-31(19-34(18-30)52(4)46(55)14-15-49(2,3)61)28-60-45-24-40-38(22-44(45)58-5)48(57)54-36(26-51-40)21-33-11-7-9-13-42(33)54/h6-13,16-19,22-26,35-36,61H,14-15,20-21,27-28H2,1-5H3/t35-,36-/m0/s1. The van der Waals surface area contributed by atoms with Gasteiger partial charge in [0.25, 0.3) is 11.8 Å². The maximum absolute atomic E-state index is 14.0. The van der Waals surface area contributed by atoms with Crippen molar-refractivity contribution in [2.24, 2.45) is 9.98 Å². The van der Waals surface area contributed by atoms with Gasteiger partial charge in [-0.15, -0.1) is 0 Å². The summed E-state index contributed by atoms with van der Waals surface area (Å²) >= 11 is 4.63. The molecule has 310 valence electrons. The minimum atomic E-state index is -0.297. The first-order valence-electron chi connectivity index (χ1n) is 20.5. The molecule has 3 amide bonds. The van der Waals surface area contributed by atoms with Gasteiger partial charge in [0.05, 0.1) is 41.7 Å². The first-order chi connectivity index (χ1) is 29.3. The van der Waals surface area contributed by atoms with Gasteiger partial charge in [0.15, 0.2) is 11.5 Å². The molecule has 0 bridgehead atoms. The van der Waals surface area contributed by atoms with Crippen molar-refractivity contribution in [1.82, 2.24) is 0 Å². The number of carbonyl (C=O) groups excluding carboxylic acids is 3. The van der Waals surface area contributed by atoms with Crippen LogP contribution in [-0.2, 0) is 30.8 Å². The molecule has 0 aromatic heterocycles. The number of ether oxygens (including phenoxy) is 3. The van der Waals surface area contributed by atoms with Crippen molar-refractivity contribution in [3.63, 3.8) is 0 Å². The van der Waals surface area contributed by atoms with Gasteiger partial charge in [0.2, 0.25) is 5.91 Å². The number of aliphatic imine (C=N–C) groups is 2. The molecule has 4 aliphatic heterocycles. The van der Waals surface area contributed by atoms with E-state index in [0.717, 1.165) is 45.6 Å². The van der Waals surface area contributed by atoms with Gasteiger partial charge in [-0.1, -0.05) is 50.2 Å². The van der Waals surface area contributed by atoms with Crippen LogP contribution < -0.4 is 28.9 Å². The monoisotopic (exact) mass is 833 g/mol. The zero-order chi connectivity index (χ0) is 42.6. The fourth-order valence-corrected chi connectivity index (χ4v) is 8.65. The Balaban J connectivity index is 0.978. The predicted octanol–water partition coefficient (Wildman–Crippen LogP) is 9.19. The van der Waals surface area contributed by atoms with Gasteiger partial charge in [-0.3, -0.25) is 34.2 Å². The lowest BCUT2D eigenvalue weighted by Gasteiger charge is -2.23. The van der Waals surface area contributed by atoms with E-state index in [0.29, 0.717) is 64.7 Å². The largest absolute Gasteiger partial charge is 0.493 e. The molecule has 4 aliphatic rings. The van der Waals surface area contributed by atoms with E-state index in [9.17, 15) is 14.4 Å². The van der Waals surface area contributed by atoms with Gasteiger partial charge in [0, 0.05) is 72.7 Å². The van der Waals surface area contributed by atoms with Crippen molar-refractivity contribution in [3.8, 4) is 17.2 Å². The molecule has 0 saturated heterocycles. The zero-order valence-electron chi connectivity index (χ0n) is 34.8. The molecule has 0 fully saturated rings. The second-order valence-corrected chi connectivity index (χ2v) is 17.9. The lowest BCUT2D eigenvalue weighted by Crippen LogP contribution is -2.37. The van der Waals surface area contributed by atoms with Gasteiger partial charge in [-0.25, -0.2) is 0 Å². The summed E-state index contributed by atoms with van der Waals surface area (Å²) < 4.78 is 18.4. The van der Waals surface area contributed by atoms with Gasteiger partial charge in [0.1, 0.15) is 19.0 Å². The predicted molar refractivity (Wildman–Crippen MR) is 243 cm³/mol. The Morgan fingerprint density at radius 2 is 1.28 bits per heavy atom. The molecule has 2 atom stereocenters. The van der Waals surface area contributed by atoms with Crippen LogP contribution >= 0.6 is 12.6 Å². The maximum Gasteiger partial charge on any atom is 0.261 e. The van der Waals surface area contributed by atoms with E-state index in [1.54, 1.807) is 36.1 Å². The molecular weight excluding hydrogens is 787 g/mol. The van der Waals surface area contributed by atoms with Gasteiger partial charge in [-0.2, -0.15) is 12.6 Å². The highest BCUT2D eigenvalue weighted by molar-refractivity contribution is 7.81. The molecule has 61 heavy (non-hydrogen) atoms. The number of nitrogens with zero attached hydrogens (tertiary/aromatic N) is 5. The van der Waals surface area contributed by atoms with Crippen molar-refractivity contribution in [1.29, 1.82) is 0 Å². The minimum Gasteiger partial charge on any atom is -0.493 e. The van der Waals surface area contributed by atoms with Crippen LogP contribution in [0.5, 0.6) is 17.2 Å². The van der Waals surface area contributed by atoms with Crippen LogP contribution in [0.3, 0.4) is 0 Å². The zero-order valence-corrected chi connectivity index (χ0v) is 35.7. The number of amides is 3. The Kier molecular flexibility index (Phi) is 10.4. The first kappa shape index (κ1) is 40.0. The summed E-state index contributed by atoms with van der Waals surface area (Å²) in [5, 5.41) is 0. The SMILES string of the molecule is COc1cc2c(cc1OCc1cc(COc3cc4c(cc3C)C(=O)N3c5ccccc5C[C@H]3C=N4)cc(N(C)C(=O)CCC(C)(C)S)c1)N=C[C@@H]1Cc3ccccc3N1C2=O. The molecule has 4 heterocycles. The highest BCUT2D eigenvalue weighted by Crippen LogP contribution is 2.42. The molecule has 5 aromatic carbocycles. The quantitative estimate of drug-likeness (QED) is 0.133. The van der Waals surface area contributed by atoms with Crippen molar-refractivity contribution < 1.29 is 28.6 Å². The van der Waals surface area contributed by atoms with E-state index in [4.69, 9.17) is 24.2 Å². The summed E-state index contributed by atoms with van der Waals surface area (Å²) in [6.45, 7) is 6.20. The second-order valence-electron chi connectivity index (χ2n) is 16.7. The summed E-state index contributed by atoms with van der Waals surface area (Å²) in [4.78, 5) is 56.2. The lowest BCUT2D eigenvalue weighted by molar-refractivity contribution is -0.118. The summed E-state index contributed by atoms with van der Waals surface area (Å²) in [7, 11) is 3.31. The number of para-hydroxylation sites is 2. The molecule has 0 N–H and O–H groups in total. The third-order valence-corrected chi connectivity index (χ3v) is 12.0. The van der Waals surface area contributed by atoms with Crippen LogP contribution in [0.4, 0.5) is 28.4 Å². The third-order valence-electron chi connectivity index (χ3n) is 11.8. The summed E-state index contributed by atoms with van der Waals surface area (Å²) in [5.41, 5.74) is 9.14. The van der Waals surface area contributed by atoms with Gasteiger partial charge >= 0.3 is 0 Å². The molecule has 11 nitrogen and oxygen atoms in total. The van der Waals surface area contributed by atoms with E-state index < -0.39 is 0 Å². The van der Waals surface area contributed by atoms with Crippen molar-refractivity contribution in [3.05, 3.63) is 130 Å². The molecule has 0 saturated carbocycles. The van der Waals surface area contributed by atoms with Crippen molar-refractivity contribution in [2.75, 3.05) is 28.9 Å². The average Bonchev–Trinajstić information content (AvgIpc) is 3.75. The highest BCUT2D eigenvalue weighted by Gasteiger charge is 2.38. The van der Waals surface area contributed by atoms with E-state index in [-0.39, 0.29) is 47.8 Å². The van der Waals surface area contributed by atoms with Crippen LogP contribution in [0.2, 0.25) is 0 Å². The molecule has 0 unspecified atom stereocenters. The third kappa shape index (κ3) is 7.76. The fraction of sp³-hybridized carbons (Fsp3) is 0.286. The average molecular weight is 834 g/mol. The summed E-state index contributed by atoms with van der Waals surface area (Å²) in [5.74, 6) is 1.16. The number of benzene rings is 5. The Hall–Kier alpha value is -6.40. The van der Waals surface area contributed by atoms with Crippen LogP contribution in [0.1, 0.15) is 75.2 Å². The van der Waals surface area contributed by atoms with Crippen LogP contribution in [0.25, 0.3) is 0 Å². The first-order valence-corrected chi connectivity index (χ1v) is 21.0. The smallest absolute Gasteiger partial charge is 0.261 e. The summed E-state index contributed by atoms with van der Waals surface area (Å²) in [6.07, 6.45) is 6.03. The van der Waals surface area contributed by atoms with Gasteiger partial charge < -0.3 is 19.1 Å². The van der Waals surface area contributed by atoms with Crippen LogP contribution in [0.15, 0.2) is 101 Å². The lowest BCUT2D eigenvalue weighted by atomic mass is 10.1. The Bertz CT molecular complexity index is 2670. The van der Waals surface area contributed by atoms with E-state index >= 15 is 0 Å². The van der Waals surface area contributed by atoms with E-state index in [1.807, 2.05) is 111 Å². The number of carbonyl (C=O) groups is 3. The Morgan fingerprint density at radius 1 is 0.754 bits per heavy atom. The number of hydrogen-bond acceptors (Lipinski definition) is 9. The van der Waals surface area contributed by atoms with E-state index in [1.165, 1.54) is 0 Å². The normalized spacial score (nSPS) is 17.1. The number of hydrogen-bond donors (Lipinski definition) is 1. The molecular formula is C49H47N5O6S. The number of rotatable bonds is 11. The van der Waals surface area contributed by atoms with Crippen LogP contribution in [0, 0.1) is 6.92 Å². The number of methoxy groups -OCH3 is 1. The molecule has 5 aromatic rings. The second kappa shape index (κ2) is 15.9. The Labute approximate surface area is 361 Å². The molecule has 0 aliphatic carbocycles. The molecule has 9 rings (SSSR count). The minimum absolute atomic E-state index is 0.0441. The van der Waals surface area contributed by atoms with Crippen molar-refractivity contribution in [2.45, 2.75) is 76.5 Å². The number of fused-ring (bicyclic) bond motifs is 8. The van der Waals surface area contributed by atoms with Gasteiger partial charge in [-0.05, 0) is 83.6 Å². The molecule has 0 spiro atoms. The van der Waals surface area contributed by atoms with Crippen LogP contribution in [-0.4, -0.2) is 61.1 Å². The Morgan fingerprint density at radius 3 is 1.84 bits per heavy atom. The maximum atomic E-state index is 14.0. The number of thiol groups is 1. The molecule has 12 heteroatoms. The van der Waals surface area contributed by atoms with E-state index in [2.05, 4.69) is 18.7 Å². The number of anilines is 3.